The molecule has 3 rings (SSSR count). The number of para-hydroxylation sites is 1. The number of thiophene rings is 1. The highest BCUT2D eigenvalue weighted by molar-refractivity contribution is 7.17. The van der Waals surface area contributed by atoms with Crippen LogP contribution in [-0.4, -0.2) is 19.7 Å². The molecule has 118 valence electrons. The molecule has 5 heteroatoms. The van der Waals surface area contributed by atoms with E-state index in [0.29, 0.717) is 17.2 Å². The van der Waals surface area contributed by atoms with Crippen molar-refractivity contribution in [3.8, 4) is 27.5 Å². The number of benzene rings is 1. The van der Waals surface area contributed by atoms with Crippen molar-refractivity contribution < 1.29 is 18.7 Å². The summed E-state index contributed by atoms with van der Waals surface area (Å²) in [6, 6.07) is 13.2. The number of rotatable bonds is 5. The fourth-order valence-corrected chi connectivity index (χ4v) is 3.38. The van der Waals surface area contributed by atoms with Gasteiger partial charge in [0.15, 0.2) is 0 Å². The van der Waals surface area contributed by atoms with Crippen molar-refractivity contribution in [2.75, 3.05) is 13.7 Å². The van der Waals surface area contributed by atoms with E-state index in [-0.39, 0.29) is 5.97 Å². The number of ether oxygens (including phenoxy) is 2. The lowest BCUT2D eigenvalue weighted by molar-refractivity contribution is 0.0533. The molecule has 0 N–H and O–H groups in total. The summed E-state index contributed by atoms with van der Waals surface area (Å²) >= 11 is 1.36. The highest BCUT2D eigenvalue weighted by atomic mass is 32.1. The van der Waals surface area contributed by atoms with Crippen LogP contribution < -0.4 is 4.74 Å². The molecule has 0 unspecified atom stereocenters. The zero-order chi connectivity index (χ0) is 16.2. The van der Waals surface area contributed by atoms with Gasteiger partial charge in [0, 0.05) is 11.1 Å². The van der Waals surface area contributed by atoms with Crippen LogP contribution in [0.5, 0.6) is 5.75 Å². The summed E-state index contributed by atoms with van der Waals surface area (Å²) in [5.74, 6) is 1.10. The first-order valence-electron chi connectivity index (χ1n) is 7.22. The molecule has 0 amide bonds. The van der Waals surface area contributed by atoms with E-state index >= 15 is 0 Å². The van der Waals surface area contributed by atoms with Crippen LogP contribution in [0.4, 0.5) is 0 Å². The summed E-state index contributed by atoms with van der Waals surface area (Å²) in [6.07, 6.45) is 1.61. The topological polar surface area (TPSA) is 48.7 Å². The van der Waals surface area contributed by atoms with E-state index in [1.54, 1.807) is 20.3 Å². The Morgan fingerprint density at radius 1 is 1.17 bits per heavy atom. The molecule has 0 bridgehead atoms. The standard InChI is InChI=1S/C18H16O4S/c1-3-21-18(19)17-13(12-7-4-5-8-14(12)20-2)11-16(23-17)15-9-6-10-22-15/h4-11H,3H2,1-2H3. The number of esters is 1. The molecule has 0 saturated heterocycles. The van der Waals surface area contributed by atoms with Crippen molar-refractivity contribution in [1.29, 1.82) is 0 Å². The Morgan fingerprint density at radius 3 is 2.70 bits per heavy atom. The second-order valence-electron chi connectivity index (χ2n) is 4.75. The van der Waals surface area contributed by atoms with Crippen LogP contribution in [0.1, 0.15) is 16.6 Å². The summed E-state index contributed by atoms with van der Waals surface area (Å²) in [7, 11) is 1.61. The van der Waals surface area contributed by atoms with E-state index in [1.165, 1.54) is 11.3 Å². The van der Waals surface area contributed by atoms with E-state index in [1.807, 2.05) is 42.5 Å². The molecule has 0 saturated carbocycles. The lowest BCUT2D eigenvalue weighted by Gasteiger charge is -2.08. The molecule has 1 aromatic carbocycles. The molecule has 2 heterocycles. The highest BCUT2D eigenvalue weighted by Gasteiger charge is 2.22. The van der Waals surface area contributed by atoms with Crippen molar-refractivity contribution in [3.05, 3.63) is 53.6 Å². The Morgan fingerprint density at radius 2 is 2.00 bits per heavy atom. The number of methoxy groups -OCH3 is 1. The summed E-state index contributed by atoms with van der Waals surface area (Å²) < 4.78 is 16.1. The molecule has 2 aromatic heterocycles. The molecule has 3 aromatic rings. The molecular weight excluding hydrogens is 312 g/mol. The lowest BCUT2D eigenvalue weighted by atomic mass is 10.0. The SMILES string of the molecule is CCOC(=O)c1sc(-c2ccco2)cc1-c1ccccc1OC. The van der Waals surface area contributed by atoms with Gasteiger partial charge in [-0.3, -0.25) is 0 Å². The summed E-state index contributed by atoms with van der Waals surface area (Å²) in [5, 5.41) is 0. The van der Waals surface area contributed by atoms with Gasteiger partial charge in [0.1, 0.15) is 16.4 Å². The van der Waals surface area contributed by atoms with Crippen molar-refractivity contribution in [2.45, 2.75) is 6.92 Å². The smallest absolute Gasteiger partial charge is 0.348 e. The monoisotopic (exact) mass is 328 g/mol. The Balaban J connectivity index is 2.15. The Kier molecular flexibility index (Phi) is 4.48. The van der Waals surface area contributed by atoms with Gasteiger partial charge in [-0.2, -0.15) is 0 Å². The van der Waals surface area contributed by atoms with Crippen LogP contribution >= 0.6 is 11.3 Å². The van der Waals surface area contributed by atoms with E-state index in [2.05, 4.69) is 0 Å². The van der Waals surface area contributed by atoms with E-state index in [9.17, 15) is 4.79 Å². The van der Waals surface area contributed by atoms with Gasteiger partial charge in [0.2, 0.25) is 0 Å². The van der Waals surface area contributed by atoms with Crippen LogP contribution in [0, 0.1) is 0 Å². The predicted octanol–water partition coefficient (Wildman–Crippen LogP) is 4.86. The minimum absolute atomic E-state index is 0.332. The van der Waals surface area contributed by atoms with Gasteiger partial charge in [-0.1, -0.05) is 18.2 Å². The van der Waals surface area contributed by atoms with Crippen LogP contribution in [-0.2, 0) is 4.74 Å². The Bertz CT molecular complexity index is 802. The van der Waals surface area contributed by atoms with Crippen molar-refractivity contribution in [1.82, 2.24) is 0 Å². The average molecular weight is 328 g/mol. The molecule has 0 atom stereocenters. The third-order valence-electron chi connectivity index (χ3n) is 3.35. The van der Waals surface area contributed by atoms with Crippen LogP contribution in [0.2, 0.25) is 0 Å². The third kappa shape index (κ3) is 3.00. The quantitative estimate of drug-likeness (QED) is 0.628. The first-order chi connectivity index (χ1) is 11.2. The maximum Gasteiger partial charge on any atom is 0.348 e. The Hall–Kier alpha value is -2.53. The number of hydrogen-bond donors (Lipinski definition) is 0. The van der Waals surface area contributed by atoms with Crippen molar-refractivity contribution in [3.63, 3.8) is 0 Å². The van der Waals surface area contributed by atoms with E-state index < -0.39 is 0 Å². The van der Waals surface area contributed by atoms with Gasteiger partial charge in [-0.05, 0) is 31.2 Å². The van der Waals surface area contributed by atoms with Gasteiger partial charge in [-0.15, -0.1) is 11.3 Å². The zero-order valence-corrected chi connectivity index (χ0v) is 13.7. The number of furan rings is 1. The molecule has 4 nitrogen and oxygen atoms in total. The molecule has 0 radical (unpaired) electrons. The fraction of sp³-hybridized carbons (Fsp3) is 0.167. The zero-order valence-electron chi connectivity index (χ0n) is 12.9. The molecule has 0 fully saturated rings. The molecule has 23 heavy (non-hydrogen) atoms. The molecule has 0 spiro atoms. The molecule has 0 aliphatic rings. The maximum atomic E-state index is 12.3. The third-order valence-corrected chi connectivity index (χ3v) is 4.48. The van der Waals surface area contributed by atoms with Gasteiger partial charge < -0.3 is 13.9 Å². The summed E-state index contributed by atoms with van der Waals surface area (Å²) in [5.41, 5.74) is 1.64. The fourth-order valence-electron chi connectivity index (χ4n) is 2.35. The van der Waals surface area contributed by atoms with Crippen molar-refractivity contribution >= 4 is 17.3 Å². The van der Waals surface area contributed by atoms with E-state index in [4.69, 9.17) is 13.9 Å². The summed E-state index contributed by atoms with van der Waals surface area (Å²) in [6.45, 7) is 2.12. The van der Waals surface area contributed by atoms with Crippen LogP contribution in [0.25, 0.3) is 21.8 Å². The maximum absolute atomic E-state index is 12.3. The average Bonchev–Trinajstić information content (AvgIpc) is 3.24. The first-order valence-corrected chi connectivity index (χ1v) is 8.04. The van der Waals surface area contributed by atoms with Crippen LogP contribution in [0.15, 0.2) is 53.1 Å². The Labute approximate surface area is 138 Å². The van der Waals surface area contributed by atoms with Gasteiger partial charge in [-0.25, -0.2) is 4.79 Å². The van der Waals surface area contributed by atoms with Gasteiger partial charge >= 0.3 is 5.97 Å². The lowest BCUT2D eigenvalue weighted by Crippen LogP contribution is -2.03. The first kappa shape index (κ1) is 15.4. The summed E-state index contributed by atoms with van der Waals surface area (Å²) in [4.78, 5) is 13.8. The van der Waals surface area contributed by atoms with Gasteiger partial charge in [0.05, 0.1) is 24.9 Å². The normalized spacial score (nSPS) is 10.5. The number of hydrogen-bond acceptors (Lipinski definition) is 5. The minimum Gasteiger partial charge on any atom is -0.496 e. The second kappa shape index (κ2) is 6.71. The van der Waals surface area contributed by atoms with Gasteiger partial charge in [0.25, 0.3) is 0 Å². The molecular formula is C18H16O4S. The van der Waals surface area contributed by atoms with Crippen LogP contribution in [0.3, 0.4) is 0 Å². The molecule has 0 aliphatic heterocycles. The predicted molar refractivity (Wildman–Crippen MR) is 90.0 cm³/mol. The largest absolute Gasteiger partial charge is 0.496 e. The highest BCUT2D eigenvalue weighted by Crippen LogP contribution is 2.41. The van der Waals surface area contributed by atoms with E-state index in [0.717, 1.165) is 21.8 Å². The van der Waals surface area contributed by atoms with Crippen molar-refractivity contribution in [2.24, 2.45) is 0 Å². The number of carbonyl (C=O) groups excluding carboxylic acids is 1. The second-order valence-corrected chi connectivity index (χ2v) is 5.80. The number of carbonyl (C=O) groups is 1. The molecule has 0 aliphatic carbocycles. The minimum atomic E-state index is -0.337.